The minimum atomic E-state index is 0.321. The van der Waals surface area contributed by atoms with Crippen molar-refractivity contribution in [3.05, 3.63) is 0 Å². The highest BCUT2D eigenvalue weighted by molar-refractivity contribution is 5.76. The SMILES string of the molecule is CC1(C)CCCN(C(=O)CC2CCNCC2)C1. The van der Waals surface area contributed by atoms with E-state index in [1.807, 2.05) is 0 Å². The first-order valence-electron chi connectivity index (χ1n) is 7.05. The number of likely N-dealkylation sites (tertiary alicyclic amines) is 1. The van der Waals surface area contributed by atoms with Gasteiger partial charge in [0.1, 0.15) is 0 Å². The Morgan fingerprint density at radius 3 is 2.71 bits per heavy atom. The molecule has 0 bridgehead atoms. The highest BCUT2D eigenvalue weighted by Crippen LogP contribution is 2.29. The molecule has 0 spiro atoms. The first kappa shape index (κ1) is 12.9. The molecule has 3 nitrogen and oxygen atoms in total. The summed E-state index contributed by atoms with van der Waals surface area (Å²) in [5.41, 5.74) is 0.321. The van der Waals surface area contributed by atoms with Gasteiger partial charge in [0, 0.05) is 19.5 Å². The van der Waals surface area contributed by atoms with Crippen LogP contribution in [-0.4, -0.2) is 37.0 Å². The smallest absolute Gasteiger partial charge is 0.222 e. The molecule has 0 unspecified atom stereocenters. The predicted molar refractivity (Wildman–Crippen MR) is 69.8 cm³/mol. The van der Waals surface area contributed by atoms with Crippen LogP contribution in [0.15, 0.2) is 0 Å². The van der Waals surface area contributed by atoms with Crippen LogP contribution in [-0.2, 0) is 4.79 Å². The van der Waals surface area contributed by atoms with Gasteiger partial charge in [-0.3, -0.25) is 4.79 Å². The first-order chi connectivity index (χ1) is 8.07. The van der Waals surface area contributed by atoms with Crippen molar-refractivity contribution in [3.8, 4) is 0 Å². The fourth-order valence-electron chi connectivity index (χ4n) is 3.10. The minimum absolute atomic E-state index is 0.321. The van der Waals surface area contributed by atoms with Crippen molar-refractivity contribution in [1.29, 1.82) is 0 Å². The van der Waals surface area contributed by atoms with E-state index in [4.69, 9.17) is 0 Å². The normalized spacial score (nSPS) is 25.9. The van der Waals surface area contributed by atoms with Gasteiger partial charge in [-0.15, -0.1) is 0 Å². The molecule has 2 aliphatic rings. The molecule has 3 heteroatoms. The summed E-state index contributed by atoms with van der Waals surface area (Å²) in [6.07, 6.45) is 5.54. The zero-order valence-corrected chi connectivity index (χ0v) is 11.3. The van der Waals surface area contributed by atoms with Crippen LogP contribution in [0.3, 0.4) is 0 Å². The molecule has 0 radical (unpaired) electrons. The van der Waals surface area contributed by atoms with Crippen LogP contribution in [0.5, 0.6) is 0 Å². The number of hydrogen-bond donors (Lipinski definition) is 1. The summed E-state index contributed by atoms with van der Waals surface area (Å²) in [5, 5.41) is 3.36. The van der Waals surface area contributed by atoms with Gasteiger partial charge in [0.15, 0.2) is 0 Å². The standard InChI is InChI=1S/C14H26N2O/c1-14(2)6-3-9-16(11-14)13(17)10-12-4-7-15-8-5-12/h12,15H,3-11H2,1-2H3. The zero-order chi connectivity index (χ0) is 12.3. The van der Waals surface area contributed by atoms with E-state index in [0.29, 0.717) is 17.2 Å². The highest BCUT2D eigenvalue weighted by Gasteiger charge is 2.30. The lowest BCUT2D eigenvalue weighted by atomic mass is 9.83. The molecule has 2 rings (SSSR count). The molecule has 1 N–H and O–H groups in total. The molecule has 17 heavy (non-hydrogen) atoms. The molecule has 0 atom stereocenters. The Bertz CT molecular complexity index is 269. The van der Waals surface area contributed by atoms with Crippen LogP contribution < -0.4 is 5.32 Å². The van der Waals surface area contributed by atoms with Crippen molar-refractivity contribution in [2.24, 2.45) is 11.3 Å². The second-order valence-electron chi connectivity index (χ2n) is 6.48. The van der Waals surface area contributed by atoms with Crippen molar-refractivity contribution >= 4 is 5.91 Å². The van der Waals surface area contributed by atoms with Crippen LogP contribution in [0.2, 0.25) is 0 Å². The number of hydrogen-bond acceptors (Lipinski definition) is 2. The van der Waals surface area contributed by atoms with Gasteiger partial charge in [0.25, 0.3) is 0 Å². The second-order valence-corrected chi connectivity index (χ2v) is 6.48. The predicted octanol–water partition coefficient (Wildman–Crippen LogP) is 2.02. The third-order valence-electron chi connectivity index (χ3n) is 4.18. The average Bonchev–Trinajstić information content (AvgIpc) is 2.29. The quantitative estimate of drug-likeness (QED) is 0.798. The summed E-state index contributed by atoms with van der Waals surface area (Å²) >= 11 is 0. The molecule has 0 aromatic carbocycles. The summed E-state index contributed by atoms with van der Waals surface area (Å²) in [6, 6.07) is 0. The van der Waals surface area contributed by atoms with E-state index in [9.17, 15) is 4.79 Å². The summed E-state index contributed by atoms with van der Waals surface area (Å²) in [6.45, 7) is 8.66. The number of rotatable bonds is 2. The van der Waals surface area contributed by atoms with Gasteiger partial charge in [-0.2, -0.15) is 0 Å². The van der Waals surface area contributed by atoms with Crippen LogP contribution in [0.25, 0.3) is 0 Å². The van der Waals surface area contributed by atoms with E-state index in [-0.39, 0.29) is 0 Å². The Morgan fingerprint density at radius 1 is 1.35 bits per heavy atom. The Labute approximate surface area is 105 Å². The molecule has 2 aliphatic heterocycles. The van der Waals surface area contributed by atoms with Gasteiger partial charge in [0.2, 0.25) is 5.91 Å². The monoisotopic (exact) mass is 238 g/mol. The van der Waals surface area contributed by atoms with Gasteiger partial charge in [0.05, 0.1) is 0 Å². The Morgan fingerprint density at radius 2 is 2.06 bits per heavy atom. The van der Waals surface area contributed by atoms with Gasteiger partial charge >= 0.3 is 0 Å². The molecule has 1 amide bonds. The summed E-state index contributed by atoms with van der Waals surface area (Å²) in [4.78, 5) is 14.4. The number of nitrogens with one attached hydrogen (secondary N) is 1. The van der Waals surface area contributed by atoms with Crippen LogP contribution in [0.1, 0.15) is 46.0 Å². The van der Waals surface area contributed by atoms with Crippen molar-refractivity contribution < 1.29 is 4.79 Å². The summed E-state index contributed by atoms with van der Waals surface area (Å²) < 4.78 is 0. The van der Waals surface area contributed by atoms with E-state index in [0.717, 1.165) is 32.6 Å². The molecular weight excluding hydrogens is 212 g/mol. The fourth-order valence-corrected chi connectivity index (χ4v) is 3.10. The lowest BCUT2D eigenvalue weighted by molar-refractivity contribution is -0.135. The highest BCUT2D eigenvalue weighted by atomic mass is 16.2. The molecular formula is C14H26N2O. The van der Waals surface area contributed by atoms with Crippen LogP contribution >= 0.6 is 0 Å². The van der Waals surface area contributed by atoms with Crippen molar-refractivity contribution in [2.75, 3.05) is 26.2 Å². The number of carbonyl (C=O) groups is 1. The van der Waals surface area contributed by atoms with Crippen molar-refractivity contribution in [3.63, 3.8) is 0 Å². The molecule has 2 saturated heterocycles. The van der Waals surface area contributed by atoms with E-state index < -0.39 is 0 Å². The molecule has 0 aliphatic carbocycles. The van der Waals surface area contributed by atoms with Crippen LogP contribution in [0, 0.1) is 11.3 Å². The topological polar surface area (TPSA) is 32.3 Å². The van der Waals surface area contributed by atoms with Crippen LogP contribution in [0.4, 0.5) is 0 Å². The van der Waals surface area contributed by atoms with Gasteiger partial charge in [-0.05, 0) is 50.1 Å². The maximum absolute atomic E-state index is 12.3. The van der Waals surface area contributed by atoms with E-state index >= 15 is 0 Å². The Kier molecular flexibility index (Phi) is 4.08. The zero-order valence-electron chi connectivity index (χ0n) is 11.3. The van der Waals surface area contributed by atoms with E-state index in [2.05, 4.69) is 24.1 Å². The lowest BCUT2D eigenvalue weighted by Gasteiger charge is -2.38. The van der Waals surface area contributed by atoms with E-state index in [1.165, 1.54) is 25.7 Å². The number of amides is 1. The minimum Gasteiger partial charge on any atom is -0.342 e. The third kappa shape index (κ3) is 3.70. The van der Waals surface area contributed by atoms with Gasteiger partial charge in [-0.25, -0.2) is 0 Å². The molecule has 0 aromatic heterocycles. The maximum Gasteiger partial charge on any atom is 0.222 e. The largest absolute Gasteiger partial charge is 0.342 e. The van der Waals surface area contributed by atoms with Gasteiger partial charge in [-0.1, -0.05) is 13.8 Å². The molecule has 0 saturated carbocycles. The average molecular weight is 238 g/mol. The fraction of sp³-hybridized carbons (Fsp3) is 0.929. The number of carbonyl (C=O) groups excluding carboxylic acids is 1. The molecule has 2 heterocycles. The molecule has 0 aromatic rings. The number of piperidine rings is 2. The Hall–Kier alpha value is -0.570. The lowest BCUT2D eigenvalue weighted by Crippen LogP contribution is -2.44. The Balaban J connectivity index is 1.82. The molecule has 98 valence electrons. The first-order valence-corrected chi connectivity index (χ1v) is 7.05. The second kappa shape index (κ2) is 5.38. The van der Waals surface area contributed by atoms with Gasteiger partial charge < -0.3 is 10.2 Å². The van der Waals surface area contributed by atoms with Crippen molar-refractivity contribution in [1.82, 2.24) is 10.2 Å². The molecule has 2 fully saturated rings. The summed E-state index contributed by atoms with van der Waals surface area (Å²) in [7, 11) is 0. The summed E-state index contributed by atoms with van der Waals surface area (Å²) in [5.74, 6) is 1.01. The maximum atomic E-state index is 12.3. The third-order valence-corrected chi connectivity index (χ3v) is 4.18. The van der Waals surface area contributed by atoms with Crippen molar-refractivity contribution in [2.45, 2.75) is 46.0 Å². The number of nitrogens with zero attached hydrogens (tertiary/aromatic N) is 1. The van der Waals surface area contributed by atoms with E-state index in [1.54, 1.807) is 0 Å².